The van der Waals surface area contributed by atoms with E-state index in [0.29, 0.717) is 30.8 Å². The van der Waals surface area contributed by atoms with Crippen molar-refractivity contribution in [2.45, 2.75) is 20.5 Å². The molecule has 0 aliphatic carbocycles. The molecule has 0 amide bonds. The third kappa shape index (κ3) is 2.40. The number of ether oxygens (including phenoxy) is 1. The summed E-state index contributed by atoms with van der Waals surface area (Å²) in [5, 5.41) is 3.78. The third-order valence-corrected chi connectivity index (χ3v) is 1.88. The van der Waals surface area contributed by atoms with Crippen LogP contribution in [-0.2, 0) is 11.3 Å². The van der Waals surface area contributed by atoms with Gasteiger partial charge in [-0.3, -0.25) is 0 Å². The first kappa shape index (κ1) is 10.7. The maximum atomic E-state index is 5.15. The van der Waals surface area contributed by atoms with Gasteiger partial charge in [0, 0.05) is 19.0 Å². The molecule has 0 saturated carbocycles. The van der Waals surface area contributed by atoms with Crippen molar-refractivity contribution in [1.29, 1.82) is 0 Å². The molecule has 2 rings (SSSR count). The minimum Gasteiger partial charge on any atom is -0.372 e. The van der Waals surface area contributed by atoms with Gasteiger partial charge in [0.05, 0.1) is 0 Å². The Hall–Kier alpha value is -1.82. The summed E-state index contributed by atoms with van der Waals surface area (Å²) in [4.78, 5) is 12.3. The highest BCUT2D eigenvalue weighted by Crippen LogP contribution is 2.10. The molecule has 0 spiro atoms. The standard InChI is InChI=1S/C10H12N4O2/c1-3-15-6-8-13-10(14-16-8)9-11-4-7(2)5-12-9/h4-5H,3,6H2,1-2H3. The summed E-state index contributed by atoms with van der Waals surface area (Å²) in [7, 11) is 0. The Labute approximate surface area is 92.7 Å². The van der Waals surface area contributed by atoms with Crippen molar-refractivity contribution in [1.82, 2.24) is 20.1 Å². The lowest BCUT2D eigenvalue weighted by Gasteiger charge is -1.93. The second-order valence-corrected chi connectivity index (χ2v) is 3.23. The number of nitrogens with zero attached hydrogens (tertiary/aromatic N) is 4. The summed E-state index contributed by atoms with van der Waals surface area (Å²) in [5.74, 6) is 1.27. The lowest BCUT2D eigenvalue weighted by atomic mass is 10.4. The van der Waals surface area contributed by atoms with Gasteiger partial charge in [0.15, 0.2) is 0 Å². The van der Waals surface area contributed by atoms with E-state index in [-0.39, 0.29) is 0 Å². The normalized spacial score (nSPS) is 10.6. The van der Waals surface area contributed by atoms with Crippen LogP contribution >= 0.6 is 0 Å². The molecule has 0 N–H and O–H groups in total. The van der Waals surface area contributed by atoms with Crippen LogP contribution in [0.25, 0.3) is 11.6 Å². The van der Waals surface area contributed by atoms with Crippen molar-refractivity contribution in [3.8, 4) is 11.6 Å². The van der Waals surface area contributed by atoms with E-state index in [4.69, 9.17) is 9.26 Å². The Morgan fingerprint density at radius 1 is 1.25 bits per heavy atom. The second kappa shape index (κ2) is 4.80. The summed E-state index contributed by atoms with van der Waals surface area (Å²) in [6.07, 6.45) is 3.42. The van der Waals surface area contributed by atoms with Crippen molar-refractivity contribution < 1.29 is 9.26 Å². The average molecular weight is 220 g/mol. The van der Waals surface area contributed by atoms with Gasteiger partial charge in [0.1, 0.15) is 6.61 Å². The lowest BCUT2D eigenvalue weighted by molar-refractivity contribution is 0.109. The summed E-state index contributed by atoms with van der Waals surface area (Å²) < 4.78 is 10.1. The van der Waals surface area contributed by atoms with Crippen molar-refractivity contribution >= 4 is 0 Å². The molecule has 16 heavy (non-hydrogen) atoms. The SMILES string of the molecule is CCOCc1nc(-c2ncc(C)cn2)no1. The van der Waals surface area contributed by atoms with Gasteiger partial charge >= 0.3 is 0 Å². The first-order valence-electron chi connectivity index (χ1n) is 4.99. The molecular weight excluding hydrogens is 208 g/mol. The predicted molar refractivity (Wildman–Crippen MR) is 55.4 cm³/mol. The first-order valence-corrected chi connectivity index (χ1v) is 4.99. The molecule has 0 atom stereocenters. The Kier molecular flexibility index (Phi) is 3.21. The monoisotopic (exact) mass is 220 g/mol. The molecular formula is C10H12N4O2. The minimum absolute atomic E-state index is 0.315. The van der Waals surface area contributed by atoms with Gasteiger partial charge in [0.2, 0.25) is 11.6 Å². The molecule has 6 nitrogen and oxygen atoms in total. The quantitative estimate of drug-likeness (QED) is 0.774. The highest BCUT2D eigenvalue weighted by atomic mass is 16.5. The van der Waals surface area contributed by atoms with Crippen molar-refractivity contribution in [2.24, 2.45) is 0 Å². The molecule has 0 bridgehead atoms. The van der Waals surface area contributed by atoms with Crippen molar-refractivity contribution in [2.75, 3.05) is 6.61 Å². The van der Waals surface area contributed by atoms with E-state index in [1.807, 2.05) is 13.8 Å². The highest BCUT2D eigenvalue weighted by Gasteiger charge is 2.10. The van der Waals surface area contributed by atoms with Gasteiger partial charge in [-0.2, -0.15) is 4.98 Å². The molecule has 0 aliphatic heterocycles. The van der Waals surface area contributed by atoms with Crippen molar-refractivity contribution in [3.63, 3.8) is 0 Å². The molecule has 84 valence electrons. The van der Waals surface area contributed by atoms with E-state index in [1.54, 1.807) is 12.4 Å². The summed E-state index contributed by atoms with van der Waals surface area (Å²) >= 11 is 0. The summed E-state index contributed by atoms with van der Waals surface area (Å²) in [5.41, 5.74) is 0.988. The zero-order chi connectivity index (χ0) is 11.4. The summed E-state index contributed by atoms with van der Waals surface area (Å²) in [6.45, 7) is 4.75. The van der Waals surface area contributed by atoms with Crippen LogP contribution < -0.4 is 0 Å². The van der Waals surface area contributed by atoms with E-state index >= 15 is 0 Å². The van der Waals surface area contributed by atoms with E-state index in [9.17, 15) is 0 Å². The van der Waals surface area contributed by atoms with Crippen molar-refractivity contribution in [3.05, 3.63) is 23.8 Å². The predicted octanol–water partition coefficient (Wildman–Crippen LogP) is 1.37. The first-order chi connectivity index (χ1) is 7.79. The fourth-order valence-electron chi connectivity index (χ4n) is 1.10. The molecule has 6 heteroatoms. The van der Waals surface area contributed by atoms with Gasteiger partial charge in [0.25, 0.3) is 5.89 Å². The topological polar surface area (TPSA) is 73.9 Å². The molecule has 0 fully saturated rings. The Morgan fingerprint density at radius 3 is 2.69 bits per heavy atom. The Bertz CT molecular complexity index is 452. The van der Waals surface area contributed by atoms with Gasteiger partial charge in [-0.05, 0) is 19.4 Å². The van der Waals surface area contributed by atoms with Gasteiger partial charge < -0.3 is 9.26 Å². The number of aryl methyl sites for hydroxylation is 1. The molecule has 0 aromatic carbocycles. The average Bonchev–Trinajstić information content (AvgIpc) is 2.76. The third-order valence-electron chi connectivity index (χ3n) is 1.88. The fraction of sp³-hybridized carbons (Fsp3) is 0.400. The van der Waals surface area contributed by atoms with E-state index < -0.39 is 0 Å². The molecule has 0 aliphatic rings. The van der Waals surface area contributed by atoms with Crippen LogP contribution in [0.5, 0.6) is 0 Å². The second-order valence-electron chi connectivity index (χ2n) is 3.23. The lowest BCUT2D eigenvalue weighted by Crippen LogP contribution is -1.93. The van der Waals surface area contributed by atoms with Crippen LogP contribution in [0.1, 0.15) is 18.4 Å². The smallest absolute Gasteiger partial charge is 0.253 e. The van der Waals surface area contributed by atoms with Gasteiger partial charge in [-0.1, -0.05) is 5.16 Å². The van der Waals surface area contributed by atoms with Crippen LogP contribution in [-0.4, -0.2) is 26.7 Å². The van der Waals surface area contributed by atoms with Crippen LogP contribution in [0, 0.1) is 6.92 Å². The Balaban J connectivity index is 2.15. The van der Waals surface area contributed by atoms with Gasteiger partial charge in [-0.25, -0.2) is 9.97 Å². The zero-order valence-corrected chi connectivity index (χ0v) is 9.17. The van der Waals surface area contributed by atoms with Crippen LogP contribution in [0.3, 0.4) is 0 Å². The maximum Gasteiger partial charge on any atom is 0.253 e. The van der Waals surface area contributed by atoms with Crippen LogP contribution in [0.2, 0.25) is 0 Å². The highest BCUT2D eigenvalue weighted by molar-refractivity contribution is 5.40. The molecule has 0 saturated heterocycles. The van der Waals surface area contributed by atoms with E-state index in [1.165, 1.54) is 0 Å². The fourth-order valence-corrected chi connectivity index (χ4v) is 1.10. The zero-order valence-electron chi connectivity index (χ0n) is 9.17. The minimum atomic E-state index is 0.315. The van der Waals surface area contributed by atoms with E-state index in [2.05, 4.69) is 20.1 Å². The van der Waals surface area contributed by atoms with Crippen LogP contribution in [0.4, 0.5) is 0 Å². The van der Waals surface area contributed by atoms with Crippen LogP contribution in [0.15, 0.2) is 16.9 Å². The Morgan fingerprint density at radius 2 is 2.00 bits per heavy atom. The van der Waals surface area contributed by atoms with E-state index in [0.717, 1.165) is 5.56 Å². The largest absolute Gasteiger partial charge is 0.372 e. The summed E-state index contributed by atoms with van der Waals surface area (Å²) in [6, 6.07) is 0. The number of rotatable bonds is 4. The van der Waals surface area contributed by atoms with Gasteiger partial charge in [-0.15, -0.1) is 0 Å². The molecule has 0 radical (unpaired) electrons. The number of hydrogen-bond donors (Lipinski definition) is 0. The molecule has 0 unspecified atom stereocenters. The molecule has 2 heterocycles. The maximum absolute atomic E-state index is 5.15. The number of aromatic nitrogens is 4. The molecule has 2 aromatic heterocycles. The number of hydrogen-bond acceptors (Lipinski definition) is 6. The molecule has 2 aromatic rings.